The third-order valence-corrected chi connectivity index (χ3v) is 9.23. The first-order valence-electron chi connectivity index (χ1n) is 13.3. The van der Waals surface area contributed by atoms with E-state index in [9.17, 15) is 14.9 Å². The van der Waals surface area contributed by atoms with E-state index in [0.717, 1.165) is 0 Å². The first-order chi connectivity index (χ1) is 20.6. The molecule has 1 amide bonds. The Bertz CT molecular complexity index is 1710. The number of allylic oxidation sites excluding steroid dienone is 3. The fraction of sp³-hybridized carbons (Fsp3) is 0.300. The molecule has 10 nitrogen and oxygen atoms in total. The minimum atomic E-state index is -0.930. The molecule has 2 aliphatic rings. The number of carbonyl (C=O) groups excluding carboxylic acids is 2. The lowest BCUT2D eigenvalue weighted by Crippen LogP contribution is -2.42. The third-order valence-electron chi connectivity index (χ3n) is 7.19. The van der Waals surface area contributed by atoms with Crippen molar-refractivity contribution in [1.82, 2.24) is 10.2 Å². The molecule has 0 saturated heterocycles. The van der Waals surface area contributed by atoms with Crippen LogP contribution in [0, 0.1) is 22.6 Å². The van der Waals surface area contributed by atoms with Gasteiger partial charge in [-0.2, -0.15) is 5.26 Å². The van der Waals surface area contributed by atoms with Crippen molar-refractivity contribution in [2.24, 2.45) is 11.1 Å². The number of nitriles is 1. The Hall–Kier alpha value is -4.41. The molecule has 43 heavy (non-hydrogen) atoms. The van der Waals surface area contributed by atoms with E-state index in [1.54, 1.807) is 41.3 Å². The monoisotopic (exact) mass is 620 g/mol. The van der Waals surface area contributed by atoms with Crippen LogP contribution < -0.4 is 25.4 Å². The molecule has 13 heteroatoms. The van der Waals surface area contributed by atoms with E-state index < -0.39 is 17.2 Å². The Balaban J connectivity index is 1.44. The predicted octanol–water partition coefficient (Wildman–Crippen LogP) is 5.37. The quantitative estimate of drug-likeness (QED) is 0.316. The van der Waals surface area contributed by atoms with Crippen LogP contribution in [-0.4, -0.2) is 41.9 Å². The Morgan fingerprint density at radius 2 is 2.00 bits per heavy atom. The number of amides is 1. The second-order valence-electron chi connectivity index (χ2n) is 10.8. The molecule has 0 fully saturated rings. The number of halogens is 1. The summed E-state index contributed by atoms with van der Waals surface area (Å²) in [5, 5.41) is 21.9. The van der Waals surface area contributed by atoms with Crippen molar-refractivity contribution in [3.8, 4) is 17.6 Å². The first kappa shape index (κ1) is 30.1. The highest BCUT2D eigenvalue weighted by atomic mass is 32.2. The summed E-state index contributed by atoms with van der Waals surface area (Å²) in [5.41, 5.74) is 7.87. The second-order valence-corrected chi connectivity index (χ2v) is 12.9. The van der Waals surface area contributed by atoms with Gasteiger partial charge in [0, 0.05) is 29.3 Å². The number of ketones is 1. The standard InChI is InChI=1S/C30H29FN6O4S2/c1-30(2)12-21-26(22(38)13-30)25(17-7-5-6-8-19(17)31)18(14-32)27(33)37(21)28-35-36-29(43-28)42-15-24(39)34-20-11-16(40-3)9-10-23(20)41-4/h5-11,25H,12-13,15,33H2,1-4H3,(H,34,39). The van der Waals surface area contributed by atoms with Crippen molar-refractivity contribution < 1.29 is 23.5 Å². The predicted molar refractivity (Wildman–Crippen MR) is 162 cm³/mol. The molecule has 1 unspecified atom stereocenters. The number of carbonyl (C=O) groups is 2. The topological polar surface area (TPSA) is 143 Å². The summed E-state index contributed by atoms with van der Waals surface area (Å²) in [7, 11) is 3.04. The summed E-state index contributed by atoms with van der Waals surface area (Å²) in [5.74, 6) is -0.777. The van der Waals surface area contributed by atoms with E-state index in [1.807, 2.05) is 13.8 Å². The first-order valence-corrected chi connectivity index (χ1v) is 15.1. The van der Waals surface area contributed by atoms with Gasteiger partial charge < -0.3 is 20.5 Å². The minimum Gasteiger partial charge on any atom is -0.497 e. The summed E-state index contributed by atoms with van der Waals surface area (Å²) in [6.45, 7) is 3.95. The summed E-state index contributed by atoms with van der Waals surface area (Å²) in [6, 6.07) is 13.3. The van der Waals surface area contributed by atoms with E-state index in [-0.39, 0.29) is 40.8 Å². The number of rotatable bonds is 8. The van der Waals surface area contributed by atoms with Gasteiger partial charge in [-0.05, 0) is 30.0 Å². The van der Waals surface area contributed by atoms with Crippen molar-refractivity contribution in [3.05, 3.63) is 76.5 Å². The van der Waals surface area contributed by atoms with Gasteiger partial charge in [0.2, 0.25) is 11.0 Å². The zero-order chi connectivity index (χ0) is 30.9. The lowest BCUT2D eigenvalue weighted by atomic mass is 9.68. The highest BCUT2D eigenvalue weighted by Crippen LogP contribution is 2.51. The van der Waals surface area contributed by atoms with Crippen molar-refractivity contribution in [1.29, 1.82) is 5.26 Å². The zero-order valence-corrected chi connectivity index (χ0v) is 25.6. The van der Waals surface area contributed by atoms with Gasteiger partial charge in [-0.25, -0.2) is 4.39 Å². The van der Waals surface area contributed by atoms with Crippen LogP contribution in [0.25, 0.3) is 0 Å². The van der Waals surface area contributed by atoms with Gasteiger partial charge in [0.25, 0.3) is 0 Å². The van der Waals surface area contributed by atoms with Gasteiger partial charge in [0.1, 0.15) is 23.1 Å². The van der Waals surface area contributed by atoms with Crippen LogP contribution in [0.4, 0.5) is 15.2 Å². The van der Waals surface area contributed by atoms with Crippen LogP contribution in [0.1, 0.15) is 38.2 Å². The van der Waals surface area contributed by atoms with Crippen molar-refractivity contribution >= 4 is 45.6 Å². The van der Waals surface area contributed by atoms with Crippen LogP contribution in [-0.2, 0) is 9.59 Å². The zero-order valence-electron chi connectivity index (χ0n) is 23.9. The van der Waals surface area contributed by atoms with Crippen LogP contribution in [0.2, 0.25) is 0 Å². The highest BCUT2D eigenvalue weighted by Gasteiger charge is 2.46. The molecule has 0 bridgehead atoms. The number of hydrogen-bond donors (Lipinski definition) is 2. The van der Waals surface area contributed by atoms with Gasteiger partial charge in [0.15, 0.2) is 10.1 Å². The number of ether oxygens (including phenoxy) is 2. The molecule has 3 N–H and O–H groups in total. The van der Waals surface area contributed by atoms with Gasteiger partial charge >= 0.3 is 0 Å². The normalized spacial score (nSPS) is 17.8. The Labute approximate surface area is 256 Å². The van der Waals surface area contributed by atoms with Crippen molar-refractivity contribution in [2.75, 3.05) is 30.2 Å². The lowest BCUT2D eigenvalue weighted by molar-refractivity contribution is -0.118. The number of nitrogens with one attached hydrogen (secondary N) is 1. The van der Waals surface area contributed by atoms with Crippen LogP contribution >= 0.6 is 23.1 Å². The van der Waals surface area contributed by atoms with Crippen LogP contribution in [0.15, 0.2) is 69.5 Å². The average Bonchev–Trinajstić information content (AvgIpc) is 3.43. The number of nitrogens with two attached hydrogens (primary N) is 1. The molecular weight excluding hydrogens is 592 g/mol. The fourth-order valence-corrected chi connectivity index (χ4v) is 7.00. The van der Waals surface area contributed by atoms with E-state index >= 15 is 4.39 Å². The largest absolute Gasteiger partial charge is 0.497 e. The molecule has 1 aliphatic heterocycles. The summed E-state index contributed by atoms with van der Waals surface area (Å²) >= 11 is 2.35. The Kier molecular flexibility index (Phi) is 8.43. The highest BCUT2D eigenvalue weighted by molar-refractivity contribution is 8.01. The van der Waals surface area contributed by atoms with Crippen LogP contribution in [0.3, 0.4) is 0 Å². The molecule has 5 rings (SSSR count). The molecule has 1 aliphatic carbocycles. The summed E-state index contributed by atoms with van der Waals surface area (Å²) in [6.07, 6.45) is 0.693. The molecule has 3 aromatic rings. The molecule has 1 aromatic heterocycles. The number of Topliss-reactive ketones (excluding diaryl/α,β-unsaturated/α-hetero) is 1. The molecule has 0 saturated carbocycles. The summed E-state index contributed by atoms with van der Waals surface area (Å²) in [4.78, 5) is 28.0. The second kappa shape index (κ2) is 12.1. The van der Waals surface area contributed by atoms with Gasteiger partial charge in [-0.3, -0.25) is 14.5 Å². The maximum absolute atomic E-state index is 15.1. The number of thioether (sulfide) groups is 1. The molecule has 0 radical (unpaired) electrons. The smallest absolute Gasteiger partial charge is 0.234 e. The molecule has 1 atom stereocenters. The molecule has 2 heterocycles. The third kappa shape index (κ3) is 5.93. The van der Waals surface area contributed by atoms with E-state index in [4.69, 9.17) is 15.2 Å². The fourth-order valence-electron chi connectivity index (χ4n) is 5.32. The van der Waals surface area contributed by atoms with E-state index in [2.05, 4.69) is 21.6 Å². The summed E-state index contributed by atoms with van der Waals surface area (Å²) < 4.78 is 26.1. The molecule has 2 aromatic carbocycles. The maximum atomic E-state index is 15.1. The van der Waals surface area contributed by atoms with Gasteiger partial charge in [-0.15, -0.1) is 10.2 Å². The SMILES string of the molecule is COc1ccc(OC)c(NC(=O)CSc2nnc(N3C(N)=C(C#N)C(c4ccccc4F)C4=C3CC(C)(C)CC4=O)s2)c1. The van der Waals surface area contributed by atoms with Gasteiger partial charge in [0.05, 0.1) is 43.2 Å². The van der Waals surface area contributed by atoms with E-state index in [1.165, 1.54) is 43.4 Å². The Morgan fingerprint density at radius 1 is 1.23 bits per heavy atom. The Morgan fingerprint density at radius 3 is 2.70 bits per heavy atom. The number of benzene rings is 2. The number of aromatic nitrogens is 2. The number of methoxy groups -OCH3 is 2. The van der Waals surface area contributed by atoms with Gasteiger partial charge in [-0.1, -0.05) is 55.1 Å². The number of hydrogen-bond acceptors (Lipinski definition) is 11. The average molecular weight is 621 g/mol. The molecule has 222 valence electrons. The number of anilines is 2. The molecule has 0 spiro atoms. The maximum Gasteiger partial charge on any atom is 0.234 e. The minimum absolute atomic E-state index is 0.0264. The van der Waals surface area contributed by atoms with Crippen molar-refractivity contribution in [2.45, 2.75) is 36.9 Å². The molecular formula is C30H29FN6O4S2. The van der Waals surface area contributed by atoms with E-state index in [0.29, 0.717) is 44.3 Å². The van der Waals surface area contributed by atoms with Crippen molar-refractivity contribution in [3.63, 3.8) is 0 Å². The number of nitrogens with zero attached hydrogens (tertiary/aromatic N) is 4. The van der Waals surface area contributed by atoms with Crippen LogP contribution in [0.5, 0.6) is 11.5 Å². The lowest BCUT2D eigenvalue weighted by Gasteiger charge is -2.42.